The Balaban J connectivity index is 2.23. The summed E-state index contributed by atoms with van der Waals surface area (Å²) in [6, 6.07) is 9.39. The normalized spacial score (nSPS) is 11.9. The van der Waals surface area contributed by atoms with Crippen molar-refractivity contribution in [2.45, 2.75) is 26.2 Å². The van der Waals surface area contributed by atoms with Crippen LogP contribution in [0.15, 0.2) is 30.3 Å². The summed E-state index contributed by atoms with van der Waals surface area (Å²) in [5.41, 5.74) is 0. The van der Waals surface area contributed by atoms with Crippen LogP contribution in [-0.2, 0) is 4.79 Å². The van der Waals surface area contributed by atoms with Gasteiger partial charge < -0.3 is 10.1 Å². The van der Waals surface area contributed by atoms with Crippen molar-refractivity contribution in [3.8, 4) is 5.75 Å². The quantitative estimate of drug-likeness (QED) is 0.706. The van der Waals surface area contributed by atoms with Gasteiger partial charge in [0.05, 0.1) is 0 Å². The van der Waals surface area contributed by atoms with Gasteiger partial charge in [0, 0.05) is 11.9 Å². The van der Waals surface area contributed by atoms with Gasteiger partial charge in [0.1, 0.15) is 5.75 Å². The van der Waals surface area contributed by atoms with Crippen molar-refractivity contribution in [1.82, 2.24) is 5.32 Å². The van der Waals surface area contributed by atoms with Crippen molar-refractivity contribution in [3.63, 3.8) is 0 Å². The van der Waals surface area contributed by atoms with E-state index in [2.05, 4.69) is 28.2 Å². The van der Waals surface area contributed by atoms with Crippen molar-refractivity contribution in [1.29, 1.82) is 0 Å². The predicted molar refractivity (Wildman–Crippen MR) is 81.8 cm³/mol. The molecule has 0 bridgehead atoms. The Hall–Kier alpha value is -1.03. The third kappa shape index (κ3) is 7.21. The molecule has 0 saturated heterocycles. The average Bonchev–Trinajstić information content (AvgIpc) is 2.44. The largest absolute Gasteiger partial charge is 0.484 e. The molecule has 0 aliphatic carbocycles. The standard InChI is InChI=1S/C15H22BrNO2/c1-2-6-13(9-10-16)11-17-15(18)12-19-14-7-4-3-5-8-14/h3-5,7-8,13H,2,6,9-12H2,1H3,(H,17,18). The Labute approximate surface area is 123 Å². The molecule has 0 saturated carbocycles. The first-order chi connectivity index (χ1) is 9.26. The number of hydrogen-bond donors (Lipinski definition) is 1. The van der Waals surface area contributed by atoms with Crippen molar-refractivity contribution in [3.05, 3.63) is 30.3 Å². The van der Waals surface area contributed by atoms with Crippen LogP contribution in [0.4, 0.5) is 0 Å². The fourth-order valence-corrected chi connectivity index (χ4v) is 2.53. The van der Waals surface area contributed by atoms with E-state index in [0.717, 1.165) is 36.9 Å². The Bertz CT molecular complexity index is 350. The highest BCUT2D eigenvalue weighted by molar-refractivity contribution is 9.09. The number of alkyl halides is 1. The van der Waals surface area contributed by atoms with Crippen molar-refractivity contribution in [2.75, 3.05) is 18.5 Å². The number of para-hydroxylation sites is 1. The number of rotatable bonds is 9. The Morgan fingerprint density at radius 1 is 1.32 bits per heavy atom. The highest BCUT2D eigenvalue weighted by Gasteiger charge is 2.09. The number of ether oxygens (including phenoxy) is 1. The second-order valence-corrected chi connectivity index (χ2v) is 5.33. The van der Waals surface area contributed by atoms with E-state index in [-0.39, 0.29) is 12.5 Å². The minimum atomic E-state index is -0.0560. The highest BCUT2D eigenvalue weighted by Crippen LogP contribution is 2.11. The van der Waals surface area contributed by atoms with E-state index in [1.165, 1.54) is 0 Å². The summed E-state index contributed by atoms with van der Waals surface area (Å²) in [5.74, 6) is 1.22. The van der Waals surface area contributed by atoms with Crippen LogP contribution >= 0.6 is 15.9 Å². The molecule has 106 valence electrons. The molecule has 1 unspecified atom stereocenters. The van der Waals surface area contributed by atoms with Crippen LogP contribution in [-0.4, -0.2) is 24.4 Å². The number of benzene rings is 1. The minimum Gasteiger partial charge on any atom is -0.484 e. The molecular formula is C15H22BrNO2. The maximum absolute atomic E-state index is 11.7. The number of carbonyl (C=O) groups is 1. The van der Waals surface area contributed by atoms with Gasteiger partial charge in [-0.1, -0.05) is 47.5 Å². The van der Waals surface area contributed by atoms with Crippen LogP contribution in [0.2, 0.25) is 0 Å². The summed E-state index contributed by atoms with van der Waals surface area (Å²) in [6.07, 6.45) is 3.38. The maximum atomic E-state index is 11.7. The second kappa shape index (κ2) is 9.84. The first kappa shape index (κ1) is 16.0. The van der Waals surface area contributed by atoms with Gasteiger partial charge in [-0.3, -0.25) is 4.79 Å². The van der Waals surface area contributed by atoms with E-state index in [9.17, 15) is 4.79 Å². The van der Waals surface area contributed by atoms with Crippen molar-refractivity contribution < 1.29 is 9.53 Å². The molecule has 1 atom stereocenters. The smallest absolute Gasteiger partial charge is 0.257 e. The first-order valence-electron chi connectivity index (χ1n) is 6.76. The molecule has 3 nitrogen and oxygen atoms in total. The molecule has 0 heterocycles. The number of halogens is 1. The molecule has 19 heavy (non-hydrogen) atoms. The van der Waals surface area contributed by atoms with Crippen LogP contribution in [0, 0.1) is 5.92 Å². The fraction of sp³-hybridized carbons (Fsp3) is 0.533. The molecule has 0 spiro atoms. The zero-order valence-electron chi connectivity index (χ0n) is 11.4. The van der Waals surface area contributed by atoms with Crippen LogP contribution in [0.1, 0.15) is 26.2 Å². The average molecular weight is 328 g/mol. The molecule has 1 rings (SSSR count). The van der Waals surface area contributed by atoms with Crippen molar-refractivity contribution in [2.24, 2.45) is 5.92 Å². The first-order valence-corrected chi connectivity index (χ1v) is 7.89. The summed E-state index contributed by atoms with van der Waals surface area (Å²) in [5, 5.41) is 3.92. The minimum absolute atomic E-state index is 0.0560. The maximum Gasteiger partial charge on any atom is 0.257 e. The Kier molecular flexibility index (Phi) is 8.30. The van der Waals surface area contributed by atoms with Crippen LogP contribution in [0.25, 0.3) is 0 Å². The molecule has 0 aliphatic heterocycles. The highest BCUT2D eigenvalue weighted by atomic mass is 79.9. The van der Waals surface area contributed by atoms with Gasteiger partial charge in [0.15, 0.2) is 6.61 Å². The van der Waals surface area contributed by atoms with Crippen molar-refractivity contribution >= 4 is 21.8 Å². The van der Waals surface area contributed by atoms with Gasteiger partial charge in [0.2, 0.25) is 0 Å². The van der Waals surface area contributed by atoms with E-state index in [1.54, 1.807) is 0 Å². The molecule has 1 N–H and O–H groups in total. The fourth-order valence-electron chi connectivity index (χ4n) is 1.89. The van der Waals surface area contributed by atoms with E-state index >= 15 is 0 Å². The van der Waals surface area contributed by atoms with E-state index in [0.29, 0.717) is 5.92 Å². The predicted octanol–water partition coefficient (Wildman–Crippen LogP) is 3.38. The van der Waals surface area contributed by atoms with Gasteiger partial charge in [-0.25, -0.2) is 0 Å². The lowest BCUT2D eigenvalue weighted by molar-refractivity contribution is -0.123. The molecular weight excluding hydrogens is 306 g/mol. The van der Waals surface area contributed by atoms with Gasteiger partial charge in [-0.2, -0.15) is 0 Å². The molecule has 1 aromatic rings. The second-order valence-electron chi connectivity index (χ2n) is 4.54. The van der Waals surface area contributed by atoms with Gasteiger partial charge in [0.25, 0.3) is 5.91 Å². The zero-order chi connectivity index (χ0) is 13.9. The SMILES string of the molecule is CCCC(CCBr)CNC(=O)COc1ccccc1. The number of carbonyl (C=O) groups excluding carboxylic acids is 1. The van der Waals surface area contributed by atoms with Crippen LogP contribution < -0.4 is 10.1 Å². The lowest BCUT2D eigenvalue weighted by Crippen LogP contribution is -2.33. The van der Waals surface area contributed by atoms with E-state index < -0.39 is 0 Å². The number of nitrogens with one attached hydrogen (secondary N) is 1. The van der Waals surface area contributed by atoms with E-state index in [4.69, 9.17) is 4.74 Å². The Morgan fingerprint density at radius 3 is 2.68 bits per heavy atom. The van der Waals surface area contributed by atoms with Crippen LogP contribution in [0.3, 0.4) is 0 Å². The molecule has 0 aliphatic rings. The van der Waals surface area contributed by atoms with E-state index in [1.807, 2.05) is 30.3 Å². The lowest BCUT2D eigenvalue weighted by atomic mass is 10.0. The topological polar surface area (TPSA) is 38.3 Å². The third-order valence-corrected chi connectivity index (χ3v) is 3.37. The third-order valence-electron chi connectivity index (χ3n) is 2.92. The molecule has 0 radical (unpaired) electrons. The van der Waals surface area contributed by atoms with Gasteiger partial charge in [-0.05, 0) is 30.9 Å². The summed E-state index contributed by atoms with van der Waals surface area (Å²) in [4.78, 5) is 11.7. The van der Waals surface area contributed by atoms with Gasteiger partial charge in [-0.15, -0.1) is 0 Å². The lowest BCUT2D eigenvalue weighted by Gasteiger charge is -2.15. The summed E-state index contributed by atoms with van der Waals surface area (Å²) in [6.45, 7) is 2.98. The molecule has 4 heteroatoms. The number of amides is 1. The van der Waals surface area contributed by atoms with Crippen LogP contribution in [0.5, 0.6) is 5.75 Å². The molecule has 0 aromatic heterocycles. The summed E-state index contributed by atoms with van der Waals surface area (Å²) < 4.78 is 5.40. The van der Waals surface area contributed by atoms with Gasteiger partial charge >= 0.3 is 0 Å². The molecule has 1 aromatic carbocycles. The zero-order valence-corrected chi connectivity index (χ0v) is 13.0. The molecule has 1 amide bonds. The monoisotopic (exact) mass is 327 g/mol. The Morgan fingerprint density at radius 2 is 2.05 bits per heavy atom. The molecule has 0 fully saturated rings. The number of hydrogen-bond acceptors (Lipinski definition) is 2. The summed E-state index contributed by atoms with van der Waals surface area (Å²) >= 11 is 3.45. The summed E-state index contributed by atoms with van der Waals surface area (Å²) in [7, 11) is 0.